The van der Waals surface area contributed by atoms with E-state index in [0.29, 0.717) is 16.7 Å². The van der Waals surface area contributed by atoms with Crippen LogP contribution in [0.1, 0.15) is 44.1 Å². The van der Waals surface area contributed by atoms with Gasteiger partial charge < -0.3 is 10.1 Å². The lowest BCUT2D eigenvalue weighted by molar-refractivity contribution is 0.249. The second kappa shape index (κ2) is 5.98. The van der Waals surface area contributed by atoms with Crippen molar-refractivity contribution in [1.82, 2.24) is 5.32 Å². The van der Waals surface area contributed by atoms with Gasteiger partial charge in [-0.05, 0) is 63.0 Å². The summed E-state index contributed by atoms with van der Waals surface area (Å²) in [5.41, 5.74) is 1.41. The molecule has 1 N–H and O–H groups in total. The van der Waals surface area contributed by atoms with Crippen LogP contribution in [0, 0.1) is 0 Å². The van der Waals surface area contributed by atoms with Crippen LogP contribution in [0.5, 0.6) is 5.75 Å². The maximum Gasteiger partial charge on any atom is 0.122 e. The molecular weight excluding hydrogens is 266 g/mol. The van der Waals surface area contributed by atoms with E-state index in [1.165, 1.54) is 30.6 Å². The summed E-state index contributed by atoms with van der Waals surface area (Å²) in [6.07, 6.45) is 5.08. The molecule has 0 aromatic heterocycles. The van der Waals surface area contributed by atoms with Gasteiger partial charge in [-0.15, -0.1) is 0 Å². The topological polar surface area (TPSA) is 21.3 Å². The molecule has 0 saturated carbocycles. The summed E-state index contributed by atoms with van der Waals surface area (Å²) >= 11 is 2.15. The zero-order chi connectivity index (χ0) is 14.0. The fourth-order valence-corrected chi connectivity index (χ4v) is 5.15. The minimum atomic E-state index is 0.405. The summed E-state index contributed by atoms with van der Waals surface area (Å²) in [5, 5.41) is 3.60. The molecule has 20 heavy (non-hydrogen) atoms. The predicted octanol–water partition coefficient (Wildman–Crippen LogP) is 3.82. The number of hydrogen-bond acceptors (Lipinski definition) is 3. The SMILES string of the molecule is CNC(CC1CCOc2ccccc21)C1(C)CCCS1. The molecule has 1 saturated heterocycles. The molecule has 2 heterocycles. The van der Waals surface area contributed by atoms with E-state index in [-0.39, 0.29) is 0 Å². The standard InChI is InChI=1S/C17H25NOS/c1-17(9-5-11-20-17)16(18-2)12-13-8-10-19-15-7-4-3-6-14(13)15/h3-4,6-7,13,16,18H,5,8-12H2,1-2H3. The van der Waals surface area contributed by atoms with Crippen molar-refractivity contribution in [1.29, 1.82) is 0 Å². The Hall–Kier alpha value is -0.670. The number of para-hydroxylation sites is 1. The maximum atomic E-state index is 5.79. The average molecular weight is 291 g/mol. The molecule has 3 rings (SSSR count). The van der Waals surface area contributed by atoms with Gasteiger partial charge in [0, 0.05) is 10.8 Å². The Labute approximate surface area is 126 Å². The quantitative estimate of drug-likeness (QED) is 0.911. The van der Waals surface area contributed by atoms with Crippen molar-refractivity contribution in [3.63, 3.8) is 0 Å². The lowest BCUT2D eigenvalue weighted by Gasteiger charge is -2.37. The van der Waals surface area contributed by atoms with Crippen LogP contribution < -0.4 is 10.1 Å². The Kier molecular flexibility index (Phi) is 4.27. The van der Waals surface area contributed by atoms with Gasteiger partial charge in [0.25, 0.3) is 0 Å². The third-order valence-electron chi connectivity index (χ3n) is 4.94. The van der Waals surface area contributed by atoms with Gasteiger partial charge in [-0.25, -0.2) is 0 Å². The Bertz CT molecular complexity index is 456. The second-order valence-electron chi connectivity index (χ2n) is 6.21. The number of nitrogens with one attached hydrogen (secondary N) is 1. The van der Waals surface area contributed by atoms with Crippen molar-refractivity contribution in [2.75, 3.05) is 19.4 Å². The third kappa shape index (κ3) is 2.71. The second-order valence-corrected chi connectivity index (χ2v) is 7.84. The molecule has 0 spiro atoms. The van der Waals surface area contributed by atoms with Gasteiger partial charge in [0.1, 0.15) is 5.75 Å². The van der Waals surface area contributed by atoms with Crippen LogP contribution in [0.15, 0.2) is 24.3 Å². The molecule has 1 aromatic rings. The van der Waals surface area contributed by atoms with E-state index < -0.39 is 0 Å². The Morgan fingerprint density at radius 1 is 1.45 bits per heavy atom. The third-order valence-corrected chi connectivity index (χ3v) is 6.58. The molecule has 0 aliphatic carbocycles. The highest BCUT2D eigenvalue weighted by Gasteiger charge is 2.38. The van der Waals surface area contributed by atoms with Crippen LogP contribution in [0.3, 0.4) is 0 Å². The largest absolute Gasteiger partial charge is 0.493 e. The van der Waals surface area contributed by atoms with Gasteiger partial charge in [-0.2, -0.15) is 11.8 Å². The smallest absolute Gasteiger partial charge is 0.122 e. The molecule has 110 valence electrons. The van der Waals surface area contributed by atoms with Crippen molar-refractivity contribution >= 4 is 11.8 Å². The van der Waals surface area contributed by atoms with Gasteiger partial charge in [-0.1, -0.05) is 18.2 Å². The van der Waals surface area contributed by atoms with E-state index in [4.69, 9.17) is 4.74 Å². The summed E-state index contributed by atoms with van der Waals surface area (Å²) in [5.74, 6) is 3.05. The molecule has 3 unspecified atom stereocenters. The maximum absolute atomic E-state index is 5.79. The van der Waals surface area contributed by atoms with Gasteiger partial charge in [0.15, 0.2) is 0 Å². The van der Waals surface area contributed by atoms with Crippen molar-refractivity contribution in [2.45, 2.75) is 49.3 Å². The molecule has 0 radical (unpaired) electrons. The first kappa shape index (κ1) is 14.3. The fourth-order valence-electron chi connectivity index (χ4n) is 3.69. The van der Waals surface area contributed by atoms with E-state index in [2.05, 4.69) is 55.3 Å². The van der Waals surface area contributed by atoms with Crippen molar-refractivity contribution in [3.05, 3.63) is 29.8 Å². The minimum absolute atomic E-state index is 0.405. The molecule has 1 aromatic carbocycles. The van der Waals surface area contributed by atoms with Crippen LogP contribution in [0.2, 0.25) is 0 Å². The Balaban J connectivity index is 1.77. The predicted molar refractivity (Wildman–Crippen MR) is 86.9 cm³/mol. The highest BCUT2D eigenvalue weighted by Crippen LogP contribution is 2.45. The van der Waals surface area contributed by atoms with E-state index in [9.17, 15) is 0 Å². The molecule has 3 atom stereocenters. The Morgan fingerprint density at radius 3 is 3.05 bits per heavy atom. The van der Waals surface area contributed by atoms with Gasteiger partial charge in [0.05, 0.1) is 6.61 Å². The summed E-state index contributed by atoms with van der Waals surface area (Å²) in [7, 11) is 2.13. The van der Waals surface area contributed by atoms with Gasteiger partial charge in [0.2, 0.25) is 0 Å². The van der Waals surface area contributed by atoms with Gasteiger partial charge >= 0.3 is 0 Å². The Morgan fingerprint density at radius 2 is 2.30 bits per heavy atom. The van der Waals surface area contributed by atoms with Crippen LogP contribution in [-0.4, -0.2) is 30.2 Å². The summed E-state index contributed by atoms with van der Waals surface area (Å²) in [6, 6.07) is 9.16. The zero-order valence-corrected chi connectivity index (χ0v) is 13.3. The first-order valence-electron chi connectivity index (χ1n) is 7.76. The van der Waals surface area contributed by atoms with E-state index in [1.54, 1.807) is 0 Å². The molecule has 2 aliphatic heterocycles. The van der Waals surface area contributed by atoms with Crippen LogP contribution in [0.25, 0.3) is 0 Å². The number of hydrogen-bond donors (Lipinski definition) is 1. The monoisotopic (exact) mass is 291 g/mol. The van der Waals surface area contributed by atoms with Gasteiger partial charge in [-0.3, -0.25) is 0 Å². The highest BCUT2D eigenvalue weighted by atomic mass is 32.2. The first-order valence-corrected chi connectivity index (χ1v) is 8.74. The van der Waals surface area contributed by atoms with Crippen LogP contribution in [0.4, 0.5) is 0 Å². The van der Waals surface area contributed by atoms with E-state index in [1.807, 2.05) is 0 Å². The molecule has 2 nitrogen and oxygen atoms in total. The summed E-state index contributed by atoms with van der Waals surface area (Å²) in [6.45, 7) is 3.30. The number of benzene rings is 1. The van der Waals surface area contributed by atoms with Crippen molar-refractivity contribution in [3.8, 4) is 5.75 Å². The zero-order valence-electron chi connectivity index (χ0n) is 12.5. The highest BCUT2D eigenvalue weighted by molar-refractivity contribution is 8.00. The normalized spacial score (nSPS) is 30.6. The molecule has 3 heteroatoms. The lowest BCUT2D eigenvalue weighted by atomic mass is 9.82. The summed E-state index contributed by atoms with van der Waals surface area (Å²) in [4.78, 5) is 0. The fraction of sp³-hybridized carbons (Fsp3) is 0.647. The summed E-state index contributed by atoms with van der Waals surface area (Å²) < 4.78 is 6.20. The molecular formula is C17H25NOS. The van der Waals surface area contributed by atoms with Crippen LogP contribution >= 0.6 is 11.8 Å². The molecule has 2 aliphatic rings. The first-order chi connectivity index (χ1) is 9.73. The number of thioether (sulfide) groups is 1. The number of fused-ring (bicyclic) bond motifs is 1. The number of ether oxygens (including phenoxy) is 1. The number of rotatable bonds is 4. The van der Waals surface area contributed by atoms with E-state index >= 15 is 0 Å². The van der Waals surface area contributed by atoms with Crippen LogP contribution in [-0.2, 0) is 0 Å². The molecule has 0 amide bonds. The van der Waals surface area contributed by atoms with Crippen molar-refractivity contribution < 1.29 is 4.74 Å². The lowest BCUT2D eigenvalue weighted by Crippen LogP contribution is -2.44. The van der Waals surface area contributed by atoms with E-state index in [0.717, 1.165) is 18.8 Å². The minimum Gasteiger partial charge on any atom is -0.493 e. The molecule has 0 bridgehead atoms. The van der Waals surface area contributed by atoms with Crippen molar-refractivity contribution in [2.24, 2.45) is 0 Å². The molecule has 1 fully saturated rings. The average Bonchev–Trinajstić information content (AvgIpc) is 2.92.